The summed E-state index contributed by atoms with van der Waals surface area (Å²) < 4.78 is 40.9. The Morgan fingerprint density at radius 3 is 3.00 bits per heavy atom. The molecule has 0 unspecified atom stereocenters. The van der Waals surface area contributed by atoms with Gasteiger partial charge in [-0.15, -0.1) is 0 Å². The van der Waals surface area contributed by atoms with Crippen LogP contribution in [0.2, 0.25) is 0 Å². The maximum absolute atomic E-state index is 12.9. The molecule has 0 heterocycles. The molecule has 0 aliphatic carbocycles. The lowest BCUT2D eigenvalue weighted by molar-refractivity contribution is -0.385. The molecule has 1 aromatic carbocycles. The second kappa shape index (κ2) is 2.43. The highest BCUT2D eigenvalue weighted by atomic mass is 19.1. The van der Waals surface area contributed by atoms with E-state index in [0.717, 1.165) is 0 Å². The van der Waals surface area contributed by atoms with Gasteiger partial charge in [0.2, 0.25) is 0 Å². The largest absolute Gasteiger partial charge is 0.272 e. The molecule has 0 N–H and O–H groups in total. The molecule has 4 heteroatoms. The van der Waals surface area contributed by atoms with Crippen LogP contribution in [0.3, 0.4) is 0 Å². The molecule has 10 heavy (non-hydrogen) atoms. The van der Waals surface area contributed by atoms with Gasteiger partial charge in [-0.2, -0.15) is 0 Å². The molecule has 0 radical (unpaired) electrons. The average Bonchev–Trinajstić information content (AvgIpc) is 2.11. The molecule has 52 valence electrons. The Labute approximate surface area is 61.9 Å². The van der Waals surface area contributed by atoms with Crippen LogP contribution in [0.1, 0.15) is 5.48 Å². The lowest BCUT2D eigenvalue weighted by Gasteiger charge is -1.88. The first-order valence-electron chi connectivity index (χ1n) is 4.28. The molecule has 3 nitrogen and oxygen atoms in total. The molecule has 1 aromatic rings. The van der Waals surface area contributed by atoms with Gasteiger partial charge in [-0.1, -0.05) is 6.04 Å². The Bertz CT molecular complexity index is 394. The van der Waals surface area contributed by atoms with Gasteiger partial charge in [0.25, 0.3) is 5.69 Å². The van der Waals surface area contributed by atoms with Crippen molar-refractivity contribution in [3.63, 3.8) is 0 Å². The van der Waals surface area contributed by atoms with E-state index < -0.39 is 40.6 Å². The highest BCUT2D eigenvalue weighted by Gasteiger charge is 2.03. The Hall–Kier alpha value is -1.45. The normalized spacial score (nSPS) is 14.9. The van der Waals surface area contributed by atoms with Crippen molar-refractivity contribution >= 4 is 5.69 Å². The number of nitro groups is 1. The number of hydrogen-bond donors (Lipinski definition) is 0. The van der Waals surface area contributed by atoms with Crippen molar-refractivity contribution in [1.82, 2.24) is 0 Å². The molecule has 1 rings (SSSR count). The number of hydrogen-bond acceptors (Lipinski definition) is 2. The monoisotopic (exact) mass is 145 g/mol. The molecule has 0 aliphatic heterocycles. The van der Waals surface area contributed by atoms with Crippen LogP contribution in [0.25, 0.3) is 0 Å². The molecule has 0 saturated heterocycles. The molecule has 0 atom stereocenters. The molecular formula is C6H4FNO2. The van der Waals surface area contributed by atoms with Crippen molar-refractivity contribution in [3.8, 4) is 0 Å². The van der Waals surface area contributed by atoms with Crippen molar-refractivity contribution in [2.45, 2.75) is 0 Å². The van der Waals surface area contributed by atoms with E-state index in [-0.39, 0.29) is 0 Å². The summed E-state index contributed by atoms with van der Waals surface area (Å²) in [5.41, 5.74) is -1.08. The summed E-state index contributed by atoms with van der Waals surface area (Å²) in [6, 6.07) is -3.89. The quantitative estimate of drug-likeness (QED) is 0.446. The number of nitrogens with zero attached hydrogens (tertiary/aromatic N) is 1. The van der Waals surface area contributed by atoms with E-state index in [4.69, 9.17) is 5.48 Å². The number of halogens is 1. The molecule has 0 aromatic heterocycles. The summed E-state index contributed by atoms with van der Waals surface area (Å²) in [6.45, 7) is 0. The summed E-state index contributed by atoms with van der Waals surface area (Å²) >= 11 is 0. The maximum atomic E-state index is 12.9. The summed E-state index contributed by atoms with van der Waals surface area (Å²) in [7, 11) is 0. The zero-order chi connectivity index (χ0) is 11.0. The van der Waals surface area contributed by atoms with E-state index in [1.807, 2.05) is 0 Å². The minimum Gasteiger partial charge on any atom is -0.258 e. The second-order valence-electron chi connectivity index (χ2n) is 1.42. The summed E-state index contributed by atoms with van der Waals surface area (Å²) in [6.07, 6.45) is 0. The number of benzene rings is 1. The third-order valence-corrected chi connectivity index (χ3v) is 0.764. The lowest BCUT2D eigenvalue weighted by atomic mass is 10.3. The van der Waals surface area contributed by atoms with E-state index in [1.165, 1.54) is 0 Å². The third kappa shape index (κ3) is 1.28. The van der Waals surface area contributed by atoms with E-state index in [0.29, 0.717) is 0 Å². The van der Waals surface area contributed by atoms with Crippen molar-refractivity contribution < 1.29 is 14.8 Å². The van der Waals surface area contributed by atoms with Gasteiger partial charge in [-0.3, -0.25) is 10.1 Å². The van der Waals surface area contributed by atoms with E-state index in [2.05, 4.69) is 0 Å². The summed E-state index contributed by atoms with van der Waals surface area (Å²) in [5, 5.41) is 10.3. The Balaban J connectivity index is 3.68. The molecule has 0 bridgehead atoms. The van der Waals surface area contributed by atoms with Gasteiger partial charge in [0.05, 0.1) is 16.4 Å². The highest BCUT2D eigenvalue weighted by molar-refractivity contribution is 5.29. The maximum Gasteiger partial charge on any atom is 0.272 e. The van der Waals surface area contributed by atoms with Gasteiger partial charge in [-0.05, 0) is 6.04 Å². The fourth-order valence-electron chi connectivity index (χ4n) is 0.403. The number of nitro benzene ring substituents is 1. The van der Waals surface area contributed by atoms with Gasteiger partial charge in [0, 0.05) is 6.04 Å². The van der Waals surface area contributed by atoms with E-state index in [1.54, 1.807) is 0 Å². The first-order chi connectivity index (χ1) is 6.37. The minimum atomic E-state index is -1.45. The predicted molar refractivity (Wildman–Crippen MR) is 33.1 cm³/mol. The van der Waals surface area contributed by atoms with Gasteiger partial charge in [0.1, 0.15) is 5.82 Å². The smallest absolute Gasteiger partial charge is 0.258 e. The first-order valence-corrected chi connectivity index (χ1v) is 2.28. The van der Waals surface area contributed by atoms with Crippen LogP contribution in [0.5, 0.6) is 0 Å². The second-order valence-corrected chi connectivity index (χ2v) is 1.42. The van der Waals surface area contributed by atoms with Crippen LogP contribution in [0.4, 0.5) is 10.1 Å². The zero-order valence-electron chi connectivity index (χ0n) is 8.64. The van der Waals surface area contributed by atoms with Crippen molar-refractivity contribution in [2.75, 3.05) is 0 Å². The van der Waals surface area contributed by atoms with Crippen molar-refractivity contribution in [1.29, 1.82) is 0 Å². The van der Waals surface area contributed by atoms with Crippen LogP contribution in [0.15, 0.2) is 24.2 Å². The predicted octanol–water partition coefficient (Wildman–Crippen LogP) is 1.73. The fourth-order valence-corrected chi connectivity index (χ4v) is 0.403. The molecule has 0 spiro atoms. The standard InChI is InChI=1S/C6H4FNO2/c7-5-2-1-3-6(4-5)8(9)10/h1-4H/i1D,2D,3D,4D. The average molecular weight is 145 g/mol. The van der Waals surface area contributed by atoms with Crippen LogP contribution in [-0.4, -0.2) is 4.92 Å². The molecule has 0 amide bonds. The summed E-state index contributed by atoms with van der Waals surface area (Å²) in [4.78, 5) is 9.21. The van der Waals surface area contributed by atoms with Gasteiger partial charge in [0.15, 0.2) is 0 Å². The Morgan fingerprint density at radius 1 is 1.70 bits per heavy atom. The lowest BCUT2D eigenvalue weighted by Crippen LogP contribution is -1.87. The van der Waals surface area contributed by atoms with E-state index >= 15 is 0 Å². The van der Waals surface area contributed by atoms with E-state index in [9.17, 15) is 14.5 Å². The Morgan fingerprint density at radius 2 is 2.40 bits per heavy atom. The van der Waals surface area contributed by atoms with Crippen LogP contribution >= 0.6 is 0 Å². The molecule has 0 saturated carbocycles. The zero-order valence-corrected chi connectivity index (χ0v) is 4.64. The summed E-state index contributed by atoms with van der Waals surface area (Å²) in [5.74, 6) is -1.45. The molecule has 0 aliphatic rings. The van der Waals surface area contributed by atoms with Crippen LogP contribution in [0, 0.1) is 15.9 Å². The Kier molecular flexibility index (Phi) is 0.751. The fraction of sp³-hybridized carbons (Fsp3) is 0. The van der Waals surface area contributed by atoms with Gasteiger partial charge < -0.3 is 0 Å². The SMILES string of the molecule is [2H]c1c([2H])c(F)c([2H])c([N+](=O)[O-])c1[2H]. The molecule has 0 fully saturated rings. The van der Waals surface area contributed by atoms with Gasteiger partial charge >= 0.3 is 0 Å². The first kappa shape index (κ1) is 3.09. The van der Waals surface area contributed by atoms with Gasteiger partial charge in [-0.25, -0.2) is 4.39 Å². The molecular weight excluding hydrogens is 137 g/mol. The minimum absolute atomic E-state index is 0.884. The van der Waals surface area contributed by atoms with Crippen LogP contribution < -0.4 is 0 Å². The van der Waals surface area contributed by atoms with Crippen molar-refractivity contribution in [3.05, 3.63) is 40.1 Å². The van der Waals surface area contributed by atoms with Crippen molar-refractivity contribution in [2.24, 2.45) is 0 Å². The number of rotatable bonds is 1. The topological polar surface area (TPSA) is 43.1 Å². The third-order valence-electron chi connectivity index (χ3n) is 0.764. The van der Waals surface area contributed by atoms with Crippen LogP contribution in [-0.2, 0) is 0 Å². The highest BCUT2D eigenvalue weighted by Crippen LogP contribution is 2.10.